The van der Waals surface area contributed by atoms with E-state index in [1.807, 2.05) is 0 Å². The van der Waals surface area contributed by atoms with Crippen molar-refractivity contribution >= 4 is 5.97 Å². The number of methoxy groups -OCH3 is 1. The van der Waals surface area contributed by atoms with Gasteiger partial charge in [0.2, 0.25) is 0 Å². The van der Waals surface area contributed by atoms with Crippen molar-refractivity contribution in [3.63, 3.8) is 0 Å². The average Bonchev–Trinajstić information content (AvgIpc) is 2.20. The van der Waals surface area contributed by atoms with Crippen molar-refractivity contribution in [2.75, 3.05) is 7.11 Å². The van der Waals surface area contributed by atoms with Gasteiger partial charge in [-0.2, -0.15) is 5.26 Å². The topological polar surface area (TPSA) is 50.1 Å². The molecule has 3 nitrogen and oxygen atoms in total. The maximum Gasteiger partial charge on any atom is 0.302 e. The molecule has 0 N–H and O–H groups in total. The molecule has 1 aliphatic carbocycles. The lowest BCUT2D eigenvalue weighted by Gasteiger charge is -2.25. The fourth-order valence-electron chi connectivity index (χ4n) is 1.44. The molecular weight excluding hydrogens is 178 g/mol. The number of ether oxygens (including phenoxy) is 1. The third-order valence-corrected chi connectivity index (χ3v) is 2.51. The third-order valence-electron chi connectivity index (χ3n) is 2.51. The summed E-state index contributed by atoms with van der Waals surface area (Å²) in [7, 11) is 1.35. The van der Waals surface area contributed by atoms with Crippen LogP contribution in [0.4, 0.5) is 0 Å². The Kier molecular flexibility index (Phi) is 5.94. The van der Waals surface area contributed by atoms with Gasteiger partial charge >= 0.3 is 5.97 Å². The summed E-state index contributed by atoms with van der Waals surface area (Å²) in [5.41, 5.74) is 0.0260. The monoisotopic (exact) mass is 197 g/mol. The van der Waals surface area contributed by atoms with E-state index in [1.165, 1.54) is 33.3 Å². The first-order valence-electron chi connectivity index (χ1n) is 5.00. The summed E-state index contributed by atoms with van der Waals surface area (Å²) in [5.74, 6) is -0.245. The van der Waals surface area contributed by atoms with Gasteiger partial charge in [-0.25, -0.2) is 0 Å². The van der Waals surface area contributed by atoms with Crippen LogP contribution in [0.25, 0.3) is 0 Å². The molecule has 0 heterocycles. The first kappa shape index (κ1) is 13.0. The summed E-state index contributed by atoms with van der Waals surface area (Å²) >= 11 is 0. The highest BCUT2D eigenvalue weighted by atomic mass is 16.5. The maximum atomic E-state index is 9.59. The fraction of sp³-hybridized carbons (Fsp3) is 0.818. The van der Waals surface area contributed by atoms with E-state index in [1.54, 1.807) is 0 Å². The Balaban J connectivity index is 0.000000292. The molecule has 0 amide bonds. The summed E-state index contributed by atoms with van der Waals surface area (Å²) in [6.45, 7) is 3.44. The first-order valence-corrected chi connectivity index (χ1v) is 5.00. The minimum Gasteiger partial charge on any atom is -0.469 e. The number of esters is 1. The van der Waals surface area contributed by atoms with E-state index in [-0.39, 0.29) is 11.4 Å². The molecule has 3 heteroatoms. The molecule has 1 fully saturated rings. The molecule has 0 unspecified atom stereocenters. The molecule has 0 aromatic heterocycles. The molecule has 0 spiro atoms. The van der Waals surface area contributed by atoms with E-state index in [2.05, 4.69) is 17.7 Å². The van der Waals surface area contributed by atoms with Gasteiger partial charge in [-0.15, -0.1) is 0 Å². The van der Waals surface area contributed by atoms with Gasteiger partial charge in [0.1, 0.15) is 0 Å². The van der Waals surface area contributed by atoms with Crippen LogP contribution in [0.1, 0.15) is 46.0 Å². The highest BCUT2D eigenvalue weighted by molar-refractivity contribution is 5.65. The van der Waals surface area contributed by atoms with Crippen LogP contribution in [0.3, 0.4) is 0 Å². The Hall–Kier alpha value is -1.04. The number of nitriles is 1. The van der Waals surface area contributed by atoms with Gasteiger partial charge in [-0.1, -0.05) is 19.3 Å². The summed E-state index contributed by atoms with van der Waals surface area (Å²) in [4.78, 5) is 9.59. The minimum atomic E-state index is -0.245. The number of carbonyl (C=O) groups excluding carboxylic acids is 1. The number of hydrogen-bond acceptors (Lipinski definition) is 3. The summed E-state index contributed by atoms with van der Waals surface area (Å²) in [6, 6.07) is 2.38. The molecule has 1 rings (SSSR count). The van der Waals surface area contributed by atoms with Gasteiger partial charge in [-0.3, -0.25) is 4.79 Å². The zero-order chi connectivity index (χ0) is 11.0. The van der Waals surface area contributed by atoms with Crippen molar-refractivity contribution < 1.29 is 9.53 Å². The van der Waals surface area contributed by atoms with Crippen LogP contribution in [-0.4, -0.2) is 13.1 Å². The van der Waals surface area contributed by atoms with E-state index in [0.717, 1.165) is 12.8 Å². The van der Waals surface area contributed by atoms with Gasteiger partial charge in [0, 0.05) is 6.92 Å². The second-order valence-electron chi connectivity index (χ2n) is 3.93. The van der Waals surface area contributed by atoms with Gasteiger partial charge < -0.3 is 4.74 Å². The van der Waals surface area contributed by atoms with Crippen LogP contribution >= 0.6 is 0 Å². The predicted molar refractivity (Wildman–Crippen MR) is 54.5 cm³/mol. The Labute approximate surface area is 86.1 Å². The number of hydrogen-bond donors (Lipinski definition) is 0. The summed E-state index contributed by atoms with van der Waals surface area (Å²) in [5, 5.41) is 8.70. The number of carbonyl (C=O) groups is 1. The molecule has 14 heavy (non-hydrogen) atoms. The molecular formula is C11H19NO2. The lowest BCUT2D eigenvalue weighted by molar-refractivity contribution is -0.137. The Morgan fingerprint density at radius 2 is 1.79 bits per heavy atom. The number of nitrogens with zero attached hydrogens (tertiary/aromatic N) is 1. The largest absolute Gasteiger partial charge is 0.469 e. The van der Waals surface area contributed by atoms with Crippen LogP contribution < -0.4 is 0 Å². The van der Waals surface area contributed by atoms with Crippen molar-refractivity contribution in [3.8, 4) is 6.07 Å². The second kappa shape index (κ2) is 6.42. The van der Waals surface area contributed by atoms with Crippen LogP contribution in [0.2, 0.25) is 0 Å². The van der Waals surface area contributed by atoms with Crippen LogP contribution in [0.15, 0.2) is 0 Å². The van der Waals surface area contributed by atoms with Gasteiger partial charge in [0.25, 0.3) is 0 Å². The molecule has 1 aliphatic rings. The molecule has 0 aromatic rings. The molecule has 0 bridgehead atoms. The van der Waals surface area contributed by atoms with Crippen molar-refractivity contribution in [1.29, 1.82) is 5.26 Å². The zero-order valence-corrected chi connectivity index (χ0v) is 9.30. The molecule has 0 atom stereocenters. The summed E-state index contributed by atoms with van der Waals surface area (Å²) < 4.78 is 4.11. The van der Waals surface area contributed by atoms with Gasteiger partial charge in [-0.05, 0) is 19.8 Å². The van der Waals surface area contributed by atoms with Crippen LogP contribution in [0.5, 0.6) is 0 Å². The molecule has 0 aromatic carbocycles. The first-order chi connectivity index (χ1) is 6.54. The Bertz CT molecular complexity index is 212. The van der Waals surface area contributed by atoms with Gasteiger partial charge in [0.15, 0.2) is 0 Å². The highest BCUT2D eigenvalue weighted by Crippen LogP contribution is 2.34. The van der Waals surface area contributed by atoms with Crippen molar-refractivity contribution in [2.24, 2.45) is 5.41 Å². The van der Waals surface area contributed by atoms with E-state index < -0.39 is 0 Å². The Morgan fingerprint density at radius 1 is 1.36 bits per heavy atom. The lowest BCUT2D eigenvalue weighted by atomic mass is 9.77. The predicted octanol–water partition coefficient (Wildman–Crippen LogP) is 2.66. The minimum absolute atomic E-state index is 0.0260. The van der Waals surface area contributed by atoms with E-state index in [9.17, 15) is 4.79 Å². The SMILES string of the molecule is CC1(C#N)CCCCC1.COC(C)=O. The smallest absolute Gasteiger partial charge is 0.302 e. The Morgan fingerprint density at radius 3 is 2.00 bits per heavy atom. The zero-order valence-electron chi connectivity index (χ0n) is 9.30. The van der Waals surface area contributed by atoms with E-state index in [4.69, 9.17) is 5.26 Å². The summed E-state index contributed by atoms with van der Waals surface area (Å²) in [6.07, 6.45) is 6.07. The molecule has 80 valence electrons. The molecule has 0 aliphatic heterocycles. The van der Waals surface area contributed by atoms with Crippen LogP contribution in [0, 0.1) is 16.7 Å². The normalized spacial score (nSPS) is 18.4. The van der Waals surface area contributed by atoms with Crippen LogP contribution in [-0.2, 0) is 9.53 Å². The van der Waals surface area contributed by atoms with Crippen molar-refractivity contribution in [2.45, 2.75) is 46.0 Å². The number of rotatable bonds is 0. The van der Waals surface area contributed by atoms with Crippen molar-refractivity contribution in [1.82, 2.24) is 0 Å². The second-order valence-corrected chi connectivity index (χ2v) is 3.93. The molecule has 1 saturated carbocycles. The van der Waals surface area contributed by atoms with E-state index >= 15 is 0 Å². The average molecular weight is 197 g/mol. The fourth-order valence-corrected chi connectivity index (χ4v) is 1.44. The third kappa shape index (κ3) is 5.58. The highest BCUT2D eigenvalue weighted by Gasteiger charge is 2.25. The van der Waals surface area contributed by atoms with Crippen molar-refractivity contribution in [3.05, 3.63) is 0 Å². The molecule has 0 saturated heterocycles. The standard InChI is InChI=1S/C8H13N.C3H6O2/c1-8(7-9)5-3-2-4-6-8;1-3(4)5-2/h2-6H2,1H3;1-2H3. The van der Waals surface area contributed by atoms with E-state index in [0.29, 0.717) is 0 Å². The quantitative estimate of drug-likeness (QED) is 0.561. The maximum absolute atomic E-state index is 9.59. The van der Waals surface area contributed by atoms with Gasteiger partial charge in [0.05, 0.1) is 18.6 Å². The molecule has 0 radical (unpaired) electrons. The lowest BCUT2D eigenvalue weighted by Crippen LogP contribution is -2.16.